The second-order valence-corrected chi connectivity index (χ2v) is 4.28. The Morgan fingerprint density at radius 2 is 2.18 bits per heavy atom. The van der Waals surface area contributed by atoms with Gasteiger partial charge in [-0.2, -0.15) is 0 Å². The number of halogens is 1. The van der Waals surface area contributed by atoms with Gasteiger partial charge in [0.1, 0.15) is 5.76 Å². The van der Waals surface area contributed by atoms with Gasteiger partial charge in [0, 0.05) is 17.9 Å². The van der Waals surface area contributed by atoms with E-state index in [9.17, 15) is 4.79 Å². The molecular weight excluding hydrogens is 236 g/mol. The lowest BCUT2D eigenvalue weighted by Crippen LogP contribution is -2.04. The van der Waals surface area contributed by atoms with Crippen LogP contribution in [-0.4, -0.2) is 5.78 Å². The summed E-state index contributed by atoms with van der Waals surface area (Å²) in [5.74, 6) is 0.815. The molecule has 0 aliphatic heterocycles. The summed E-state index contributed by atoms with van der Waals surface area (Å²) in [4.78, 5) is 12.1. The minimum Gasteiger partial charge on any atom is -0.469 e. The van der Waals surface area contributed by atoms with Crippen molar-refractivity contribution in [2.24, 2.45) is 0 Å². The number of aryl methyl sites for hydroxylation is 1. The summed E-state index contributed by atoms with van der Waals surface area (Å²) in [5.41, 5.74) is 1.60. The van der Waals surface area contributed by atoms with Gasteiger partial charge in [-0.3, -0.25) is 4.79 Å². The predicted molar refractivity (Wildman–Crippen MR) is 67.6 cm³/mol. The van der Waals surface area contributed by atoms with Crippen molar-refractivity contribution in [3.05, 3.63) is 58.5 Å². The van der Waals surface area contributed by atoms with Crippen LogP contribution in [0.4, 0.5) is 0 Å². The van der Waals surface area contributed by atoms with Crippen molar-refractivity contribution >= 4 is 17.4 Å². The number of carbonyl (C=O) groups excluding carboxylic acids is 1. The predicted octanol–water partition coefficient (Wildman–Crippen LogP) is 3.92. The fourth-order valence-corrected chi connectivity index (χ4v) is 2.00. The van der Waals surface area contributed by atoms with Crippen molar-refractivity contribution in [2.45, 2.75) is 19.8 Å². The van der Waals surface area contributed by atoms with Crippen LogP contribution >= 0.6 is 11.6 Å². The molecular formula is C14H13ClO2. The molecule has 3 heteroatoms. The Bertz CT molecular complexity index is 529. The first-order valence-electron chi connectivity index (χ1n) is 5.54. The lowest BCUT2D eigenvalue weighted by Gasteiger charge is -2.01. The van der Waals surface area contributed by atoms with Gasteiger partial charge in [0.15, 0.2) is 5.78 Å². The second kappa shape index (κ2) is 5.19. The van der Waals surface area contributed by atoms with E-state index in [-0.39, 0.29) is 5.78 Å². The quantitative estimate of drug-likeness (QED) is 0.768. The van der Waals surface area contributed by atoms with Crippen LogP contribution in [-0.2, 0) is 12.8 Å². The van der Waals surface area contributed by atoms with E-state index in [1.54, 1.807) is 18.4 Å². The van der Waals surface area contributed by atoms with Gasteiger partial charge in [-0.25, -0.2) is 0 Å². The highest BCUT2D eigenvalue weighted by Gasteiger charge is 2.13. The van der Waals surface area contributed by atoms with Crippen molar-refractivity contribution in [3.63, 3.8) is 0 Å². The zero-order valence-corrected chi connectivity index (χ0v) is 10.3. The average Bonchev–Trinajstić information content (AvgIpc) is 2.77. The SMILES string of the molecule is CCc1occc1C(=O)Cc1cccc(Cl)c1. The fourth-order valence-electron chi connectivity index (χ4n) is 1.79. The lowest BCUT2D eigenvalue weighted by molar-refractivity contribution is 0.0991. The minimum absolute atomic E-state index is 0.0675. The lowest BCUT2D eigenvalue weighted by atomic mass is 10.0. The molecule has 2 aromatic rings. The van der Waals surface area contributed by atoms with E-state index in [0.717, 1.165) is 17.7 Å². The zero-order chi connectivity index (χ0) is 12.3. The molecule has 0 radical (unpaired) electrons. The number of hydrogen-bond acceptors (Lipinski definition) is 2. The monoisotopic (exact) mass is 248 g/mol. The topological polar surface area (TPSA) is 30.2 Å². The van der Waals surface area contributed by atoms with E-state index in [2.05, 4.69) is 0 Å². The van der Waals surface area contributed by atoms with Crippen LogP contribution < -0.4 is 0 Å². The molecule has 88 valence electrons. The summed E-state index contributed by atoms with van der Waals surface area (Å²) in [7, 11) is 0. The van der Waals surface area contributed by atoms with Gasteiger partial charge in [-0.05, 0) is 23.8 Å². The van der Waals surface area contributed by atoms with Crippen LogP contribution in [0.5, 0.6) is 0 Å². The molecule has 1 heterocycles. The van der Waals surface area contributed by atoms with Crippen molar-refractivity contribution < 1.29 is 9.21 Å². The molecule has 0 aliphatic carbocycles. The third-order valence-corrected chi connectivity index (χ3v) is 2.86. The van der Waals surface area contributed by atoms with Gasteiger partial charge in [0.2, 0.25) is 0 Å². The number of furan rings is 1. The molecule has 0 saturated carbocycles. The zero-order valence-electron chi connectivity index (χ0n) is 9.57. The molecule has 0 spiro atoms. The van der Waals surface area contributed by atoms with Crippen molar-refractivity contribution in [1.82, 2.24) is 0 Å². The van der Waals surface area contributed by atoms with Gasteiger partial charge >= 0.3 is 0 Å². The summed E-state index contributed by atoms with van der Waals surface area (Å²) in [6.45, 7) is 1.97. The number of rotatable bonds is 4. The van der Waals surface area contributed by atoms with Gasteiger partial charge in [-0.15, -0.1) is 0 Å². The number of Topliss-reactive ketones (excluding diaryl/α,β-unsaturated/α-hetero) is 1. The molecule has 0 amide bonds. The van der Waals surface area contributed by atoms with E-state index in [1.165, 1.54) is 0 Å². The van der Waals surface area contributed by atoms with Gasteiger partial charge in [0.05, 0.1) is 11.8 Å². The molecule has 1 aromatic carbocycles. The molecule has 0 bridgehead atoms. The molecule has 0 atom stereocenters. The third kappa shape index (κ3) is 2.77. The van der Waals surface area contributed by atoms with Crippen molar-refractivity contribution in [2.75, 3.05) is 0 Å². The summed E-state index contributed by atoms with van der Waals surface area (Å²) in [6.07, 6.45) is 2.64. The molecule has 0 unspecified atom stereocenters. The largest absolute Gasteiger partial charge is 0.469 e. The Morgan fingerprint density at radius 1 is 1.35 bits per heavy atom. The first kappa shape index (κ1) is 11.9. The number of ketones is 1. The number of benzene rings is 1. The molecule has 0 saturated heterocycles. The Labute approximate surface area is 105 Å². The first-order valence-corrected chi connectivity index (χ1v) is 5.92. The second-order valence-electron chi connectivity index (χ2n) is 3.84. The maximum absolute atomic E-state index is 12.1. The van der Waals surface area contributed by atoms with Crippen LogP contribution in [0.2, 0.25) is 5.02 Å². The van der Waals surface area contributed by atoms with Gasteiger partial charge < -0.3 is 4.42 Å². The molecule has 0 fully saturated rings. The van der Waals surface area contributed by atoms with Gasteiger partial charge in [0.25, 0.3) is 0 Å². The maximum atomic E-state index is 12.1. The Kier molecular flexibility index (Phi) is 3.64. The highest BCUT2D eigenvalue weighted by Crippen LogP contribution is 2.16. The van der Waals surface area contributed by atoms with E-state index < -0.39 is 0 Å². The molecule has 0 N–H and O–H groups in total. The molecule has 0 aliphatic rings. The van der Waals surface area contributed by atoms with Crippen LogP contribution in [0.15, 0.2) is 41.0 Å². The third-order valence-electron chi connectivity index (χ3n) is 2.62. The Balaban J connectivity index is 2.17. The fraction of sp³-hybridized carbons (Fsp3) is 0.214. The molecule has 2 rings (SSSR count). The Hall–Kier alpha value is -1.54. The van der Waals surface area contributed by atoms with Crippen LogP contribution in [0.3, 0.4) is 0 Å². The number of hydrogen-bond donors (Lipinski definition) is 0. The minimum atomic E-state index is 0.0675. The summed E-state index contributed by atoms with van der Waals surface area (Å²) in [6, 6.07) is 9.08. The maximum Gasteiger partial charge on any atom is 0.170 e. The van der Waals surface area contributed by atoms with E-state index in [1.807, 2.05) is 25.1 Å². The average molecular weight is 249 g/mol. The smallest absolute Gasteiger partial charge is 0.170 e. The normalized spacial score (nSPS) is 10.5. The summed E-state index contributed by atoms with van der Waals surface area (Å²) >= 11 is 5.88. The summed E-state index contributed by atoms with van der Waals surface area (Å²) < 4.78 is 5.25. The van der Waals surface area contributed by atoms with Crippen molar-refractivity contribution in [1.29, 1.82) is 0 Å². The Morgan fingerprint density at radius 3 is 2.88 bits per heavy atom. The molecule has 1 aromatic heterocycles. The van der Waals surface area contributed by atoms with E-state index in [0.29, 0.717) is 17.0 Å². The van der Waals surface area contributed by atoms with E-state index >= 15 is 0 Å². The molecule has 17 heavy (non-hydrogen) atoms. The van der Waals surface area contributed by atoms with Gasteiger partial charge in [-0.1, -0.05) is 30.7 Å². The highest BCUT2D eigenvalue weighted by molar-refractivity contribution is 6.30. The van der Waals surface area contributed by atoms with Crippen LogP contribution in [0, 0.1) is 0 Å². The standard InChI is InChI=1S/C14H13ClO2/c1-2-14-12(6-7-17-14)13(16)9-10-4-3-5-11(15)8-10/h3-8H,2,9H2,1H3. The first-order chi connectivity index (χ1) is 8.20. The number of carbonyl (C=O) groups is 1. The van der Waals surface area contributed by atoms with Crippen molar-refractivity contribution in [3.8, 4) is 0 Å². The van der Waals surface area contributed by atoms with Crippen LogP contribution in [0.25, 0.3) is 0 Å². The summed E-state index contributed by atoms with van der Waals surface area (Å²) in [5, 5.41) is 0.651. The molecule has 2 nitrogen and oxygen atoms in total. The van der Waals surface area contributed by atoms with E-state index in [4.69, 9.17) is 16.0 Å². The highest BCUT2D eigenvalue weighted by atomic mass is 35.5. The van der Waals surface area contributed by atoms with Crippen LogP contribution in [0.1, 0.15) is 28.6 Å².